The Labute approximate surface area is 226 Å². The number of benzene rings is 2. The lowest BCUT2D eigenvalue weighted by Crippen LogP contribution is -2.50. The second-order valence-electron chi connectivity index (χ2n) is 11.2. The van der Waals surface area contributed by atoms with Crippen LogP contribution in [0.25, 0.3) is 0 Å². The molecule has 8 nitrogen and oxygen atoms in total. The van der Waals surface area contributed by atoms with Gasteiger partial charge in [-0.1, -0.05) is 74.5 Å². The number of aliphatic hydroxyl groups excluding tert-OH is 1. The molecule has 208 valence electrons. The molecule has 0 fully saturated rings. The Bertz CT molecular complexity index is 1020. The minimum Gasteiger partial charge on any atom is -0.444 e. The molecule has 0 aliphatic carbocycles. The number of carbonyl (C=O) groups is 3. The summed E-state index contributed by atoms with van der Waals surface area (Å²) in [4.78, 5) is 38.1. The summed E-state index contributed by atoms with van der Waals surface area (Å²) >= 11 is 0. The summed E-state index contributed by atoms with van der Waals surface area (Å²) < 4.78 is 5.43. The van der Waals surface area contributed by atoms with Crippen molar-refractivity contribution < 1.29 is 24.2 Å². The van der Waals surface area contributed by atoms with E-state index < -0.39 is 41.7 Å². The van der Waals surface area contributed by atoms with Gasteiger partial charge < -0.3 is 26.2 Å². The Kier molecular flexibility index (Phi) is 11.8. The van der Waals surface area contributed by atoms with Gasteiger partial charge in [0.05, 0.1) is 12.1 Å². The van der Waals surface area contributed by atoms with E-state index in [2.05, 4.69) is 10.6 Å². The first-order valence-electron chi connectivity index (χ1n) is 13.2. The van der Waals surface area contributed by atoms with Crippen LogP contribution in [0.1, 0.15) is 58.6 Å². The summed E-state index contributed by atoms with van der Waals surface area (Å²) in [6.07, 6.45) is -0.550. The Hall–Kier alpha value is -3.39. The van der Waals surface area contributed by atoms with Crippen LogP contribution >= 0.6 is 0 Å². The van der Waals surface area contributed by atoms with E-state index in [9.17, 15) is 19.5 Å². The van der Waals surface area contributed by atoms with Gasteiger partial charge in [-0.2, -0.15) is 0 Å². The van der Waals surface area contributed by atoms with E-state index >= 15 is 0 Å². The molecule has 0 saturated carbocycles. The van der Waals surface area contributed by atoms with Crippen LogP contribution < -0.4 is 16.4 Å². The molecule has 0 aliphatic rings. The van der Waals surface area contributed by atoms with E-state index in [1.807, 2.05) is 74.5 Å². The number of carbonyl (C=O) groups excluding carboxylic acids is 3. The first kappa shape index (κ1) is 30.8. The van der Waals surface area contributed by atoms with Crippen LogP contribution in [0.5, 0.6) is 0 Å². The predicted molar refractivity (Wildman–Crippen MR) is 148 cm³/mol. The number of hydrogen-bond donors (Lipinski definition) is 4. The number of nitrogens with two attached hydrogens (primary N) is 1. The molecule has 3 amide bonds. The van der Waals surface area contributed by atoms with Gasteiger partial charge in [0.15, 0.2) is 0 Å². The summed E-state index contributed by atoms with van der Waals surface area (Å²) in [5.41, 5.74) is 6.69. The van der Waals surface area contributed by atoms with E-state index in [1.165, 1.54) is 0 Å². The second kappa shape index (κ2) is 14.5. The maximum Gasteiger partial charge on any atom is 0.407 e. The van der Waals surface area contributed by atoms with Crippen molar-refractivity contribution in [2.75, 3.05) is 0 Å². The molecule has 0 spiro atoms. The highest BCUT2D eigenvalue weighted by atomic mass is 16.6. The van der Waals surface area contributed by atoms with Crippen molar-refractivity contribution in [3.63, 3.8) is 0 Å². The van der Waals surface area contributed by atoms with Gasteiger partial charge in [-0.25, -0.2) is 4.79 Å². The average molecular weight is 526 g/mol. The minimum absolute atomic E-state index is 0.0567. The molecule has 5 N–H and O–H groups in total. The monoisotopic (exact) mass is 525 g/mol. The van der Waals surface area contributed by atoms with Crippen molar-refractivity contribution in [3.05, 3.63) is 71.8 Å². The highest BCUT2D eigenvalue weighted by Gasteiger charge is 2.31. The van der Waals surface area contributed by atoms with Gasteiger partial charge in [0.2, 0.25) is 11.8 Å². The van der Waals surface area contributed by atoms with Crippen molar-refractivity contribution in [2.24, 2.45) is 17.6 Å². The summed E-state index contributed by atoms with van der Waals surface area (Å²) in [5, 5.41) is 17.0. The van der Waals surface area contributed by atoms with Crippen molar-refractivity contribution in [1.29, 1.82) is 0 Å². The summed E-state index contributed by atoms with van der Waals surface area (Å²) in [6.45, 7) is 9.19. The number of nitrogens with one attached hydrogen (secondary N) is 2. The number of amides is 3. The number of rotatable bonds is 13. The molecule has 0 saturated heterocycles. The molecule has 0 aliphatic heterocycles. The largest absolute Gasteiger partial charge is 0.444 e. The lowest BCUT2D eigenvalue weighted by molar-refractivity contribution is -0.131. The zero-order valence-corrected chi connectivity index (χ0v) is 23.1. The van der Waals surface area contributed by atoms with E-state index in [1.54, 1.807) is 20.8 Å². The normalized spacial score (nSPS) is 14.7. The molecule has 0 aromatic heterocycles. The Morgan fingerprint density at radius 1 is 0.868 bits per heavy atom. The summed E-state index contributed by atoms with van der Waals surface area (Å²) in [7, 11) is 0. The van der Waals surface area contributed by atoms with Gasteiger partial charge in [-0.05, 0) is 63.5 Å². The lowest BCUT2D eigenvalue weighted by atomic mass is 9.88. The van der Waals surface area contributed by atoms with Crippen molar-refractivity contribution >= 4 is 17.9 Å². The SMILES string of the molecule is CC(C)C[C@H](NC(=O)[C@H](Cc1ccccc1)C[C@H](O)[C@H](Cc1ccccc1)NC(=O)OC(C)(C)C)C(N)=O. The molecule has 4 atom stereocenters. The standard InChI is InChI=1S/C30H43N3O5/c1-20(2)16-25(27(31)35)32-28(36)23(17-21-12-8-6-9-13-21)19-26(34)24(18-22-14-10-7-11-15-22)33-29(37)38-30(3,4)5/h6-15,20,23-26,34H,16-19H2,1-5H3,(H2,31,35)(H,32,36)(H,33,37)/t23-,24+,25+,26+/m1/s1. The molecule has 0 unspecified atom stereocenters. The third kappa shape index (κ3) is 11.3. The van der Waals surface area contributed by atoms with Crippen LogP contribution in [0, 0.1) is 11.8 Å². The van der Waals surface area contributed by atoms with Crippen molar-refractivity contribution in [1.82, 2.24) is 10.6 Å². The first-order valence-corrected chi connectivity index (χ1v) is 13.2. The molecular weight excluding hydrogens is 482 g/mol. The Morgan fingerprint density at radius 2 is 1.39 bits per heavy atom. The van der Waals surface area contributed by atoms with E-state index in [4.69, 9.17) is 10.5 Å². The molecule has 2 aromatic rings. The van der Waals surface area contributed by atoms with Crippen LogP contribution in [0.2, 0.25) is 0 Å². The molecule has 8 heteroatoms. The van der Waals surface area contributed by atoms with Gasteiger partial charge in [0.25, 0.3) is 0 Å². The number of hydrogen-bond acceptors (Lipinski definition) is 5. The van der Waals surface area contributed by atoms with E-state index in [0.717, 1.165) is 11.1 Å². The third-order valence-corrected chi connectivity index (χ3v) is 6.05. The summed E-state index contributed by atoms with van der Waals surface area (Å²) in [6, 6.07) is 17.4. The maximum absolute atomic E-state index is 13.4. The Morgan fingerprint density at radius 3 is 1.87 bits per heavy atom. The fraction of sp³-hybridized carbons (Fsp3) is 0.500. The second-order valence-corrected chi connectivity index (χ2v) is 11.2. The van der Waals surface area contributed by atoms with Crippen molar-refractivity contribution in [3.8, 4) is 0 Å². The maximum atomic E-state index is 13.4. The molecule has 0 radical (unpaired) electrons. The van der Waals surface area contributed by atoms with Crippen LogP contribution in [-0.4, -0.2) is 46.8 Å². The van der Waals surface area contributed by atoms with Crippen molar-refractivity contribution in [2.45, 2.75) is 84.1 Å². The van der Waals surface area contributed by atoms with Crippen LogP contribution in [-0.2, 0) is 27.2 Å². The van der Waals surface area contributed by atoms with Crippen LogP contribution in [0.15, 0.2) is 60.7 Å². The highest BCUT2D eigenvalue weighted by molar-refractivity contribution is 5.87. The zero-order valence-electron chi connectivity index (χ0n) is 23.1. The quantitative estimate of drug-likeness (QED) is 0.316. The molecule has 0 heterocycles. The summed E-state index contributed by atoms with van der Waals surface area (Å²) in [5.74, 6) is -1.48. The number of ether oxygens (including phenoxy) is 1. The number of alkyl carbamates (subject to hydrolysis) is 1. The van der Waals surface area contributed by atoms with Crippen LogP contribution in [0.3, 0.4) is 0 Å². The number of primary amides is 1. The van der Waals surface area contributed by atoms with Crippen LogP contribution in [0.4, 0.5) is 4.79 Å². The fourth-order valence-corrected chi connectivity index (χ4v) is 4.25. The van der Waals surface area contributed by atoms with Gasteiger partial charge >= 0.3 is 6.09 Å². The van der Waals surface area contributed by atoms with Gasteiger partial charge in [0.1, 0.15) is 11.6 Å². The molecule has 2 rings (SSSR count). The number of aliphatic hydroxyl groups is 1. The lowest BCUT2D eigenvalue weighted by Gasteiger charge is -2.29. The molecule has 38 heavy (non-hydrogen) atoms. The topological polar surface area (TPSA) is 131 Å². The molecule has 2 aromatic carbocycles. The van der Waals surface area contributed by atoms with E-state index in [0.29, 0.717) is 19.3 Å². The van der Waals surface area contributed by atoms with Gasteiger partial charge in [-0.15, -0.1) is 0 Å². The predicted octanol–water partition coefficient (Wildman–Crippen LogP) is 3.75. The third-order valence-electron chi connectivity index (χ3n) is 6.05. The average Bonchev–Trinajstić information content (AvgIpc) is 2.82. The molecular formula is C30H43N3O5. The highest BCUT2D eigenvalue weighted by Crippen LogP contribution is 2.20. The van der Waals surface area contributed by atoms with E-state index in [-0.39, 0.29) is 18.2 Å². The van der Waals surface area contributed by atoms with Gasteiger partial charge in [-0.3, -0.25) is 9.59 Å². The minimum atomic E-state index is -1.07. The van der Waals surface area contributed by atoms with Gasteiger partial charge in [0, 0.05) is 5.92 Å². The zero-order chi connectivity index (χ0) is 28.3. The molecule has 0 bridgehead atoms. The fourth-order valence-electron chi connectivity index (χ4n) is 4.25. The first-order chi connectivity index (χ1) is 17.8. The smallest absolute Gasteiger partial charge is 0.407 e. The Balaban J connectivity index is 2.28.